The highest BCUT2D eigenvalue weighted by Crippen LogP contribution is 2.38. The van der Waals surface area contributed by atoms with Crippen molar-refractivity contribution in [2.45, 2.75) is 360 Å². The summed E-state index contributed by atoms with van der Waals surface area (Å²) >= 11 is 0. The number of carbonyl (C=O) groups is 1. The number of phosphoric acid groups is 1. The molecule has 0 bridgehead atoms. The van der Waals surface area contributed by atoms with E-state index in [0.29, 0.717) is 23.9 Å². The lowest BCUT2D eigenvalue weighted by Crippen LogP contribution is -2.46. The van der Waals surface area contributed by atoms with E-state index in [1.54, 1.807) is 0 Å². The molecule has 0 aromatic carbocycles. The second-order valence-corrected chi connectivity index (χ2v) is 25.3. The Bertz CT molecular complexity index is 1140. The van der Waals surface area contributed by atoms with Gasteiger partial charge in [-0.05, 0) is 12.8 Å². The van der Waals surface area contributed by atoms with Crippen LogP contribution < -0.4 is 10.2 Å². The lowest BCUT2D eigenvalue weighted by atomic mass is 10.0. The van der Waals surface area contributed by atoms with Crippen molar-refractivity contribution in [3.63, 3.8) is 0 Å². The molecule has 0 saturated heterocycles. The van der Waals surface area contributed by atoms with Gasteiger partial charge >= 0.3 is 0 Å². The lowest BCUT2D eigenvalue weighted by molar-refractivity contribution is -0.870. The van der Waals surface area contributed by atoms with Crippen molar-refractivity contribution in [1.29, 1.82) is 0 Å². The number of unbranched alkanes of at least 4 members (excludes halogenated alkanes) is 48. The molecule has 0 aliphatic carbocycles. The average molecular weight is 1040 g/mol. The second-order valence-electron chi connectivity index (χ2n) is 23.8. The van der Waals surface area contributed by atoms with Crippen LogP contribution >= 0.6 is 7.82 Å². The van der Waals surface area contributed by atoms with Crippen molar-refractivity contribution in [1.82, 2.24) is 5.32 Å². The maximum atomic E-state index is 13.0. The molecule has 0 spiro atoms. The largest absolute Gasteiger partial charge is 0.756 e. The van der Waals surface area contributed by atoms with Crippen LogP contribution in [0, 0.1) is 0 Å². The monoisotopic (exact) mass is 1040 g/mol. The molecule has 8 nitrogen and oxygen atoms in total. The number of aliphatic hydroxyl groups is 1. The summed E-state index contributed by atoms with van der Waals surface area (Å²) < 4.78 is 23.5. The number of quaternary nitrogens is 1. The fourth-order valence-corrected chi connectivity index (χ4v) is 11.0. The van der Waals surface area contributed by atoms with Crippen LogP contribution in [0.3, 0.4) is 0 Å². The molecule has 2 N–H and O–H groups in total. The van der Waals surface area contributed by atoms with E-state index < -0.39 is 20.0 Å². The normalized spacial score (nSPS) is 13.7. The molecule has 9 heteroatoms. The minimum Gasteiger partial charge on any atom is -0.756 e. The quantitative estimate of drug-likeness (QED) is 0.0357. The van der Waals surface area contributed by atoms with Gasteiger partial charge in [0.2, 0.25) is 5.91 Å². The average Bonchev–Trinajstić information content (AvgIpc) is 3.34. The highest BCUT2D eigenvalue weighted by atomic mass is 31.2. The minimum absolute atomic E-state index is 0.0167. The predicted octanol–water partition coefficient (Wildman–Crippen LogP) is 19.4. The number of carbonyl (C=O) groups excluding carboxylic acids is 1. The molecular weight excluding hydrogens is 912 g/mol. The number of nitrogens with zero attached hydrogens (tertiary/aromatic N) is 1. The van der Waals surface area contributed by atoms with Crippen LogP contribution in [0.25, 0.3) is 0 Å². The fraction of sp³-hybridized carbons (Fsp3) is 0.984. The molecule has 0 heterocycles. The summed E-state index contributed by atoms with van der Waals surface area (Å²) in [5.41, 5.74) is 0. The first kappa shape index (κ1) is 71.5. The van der Waals surface area contributed by atoms with Gasteiger partial charge in [-0.25, -0.2) is 0 Å². The molecule has 0 aliphatic heterocycles. The second kappa shape index (κ2) is 55.3. The number of hydrogen-bond donors (Lipinski definition) is 2. The van der Waals surface area contributed by atoms with E-state index in [9.17, 15) is 19.4 Å². The smallest absolute Gasteiger partial charge is 0.268 e. The number of nitrogens with one attached hydrogen (secondary N) is 1. The van der Waals surface area contributed by atoms with Crippen LogP contribution in [0.4, 0.5) is 0 Å². The van der Waals surface area contributed by atoms with Crippen molar-refractivity contribution in [3.8, 4) is 0 Å². The maximum absolute atomic E-state index is 13.0. The third-order valence-corrected chi connectivity index (χ3v) is 16.3. The Morgan fingerprint density at radius 3 is 0.944 bits per heavy atom. The van der Waals surface area contributed by atoms with Gasteiger partial charge in [0.25, 0.3) is 7.82 Å². The van der Waals surface area contributed by atoms with E-state index in [-0.39, 0.29) is 19.1 Å². The van der Waals surface area contributed by atoms with Crippen LogP contribution in [-0.2, 0) is 18.4 Å². The van der Waals surface area contributed by atoms with Gasteiger partial charge in [0.1, 0.15) is 13.2 Å². The molecule has 72 heavy (non-hydrogen) atoms. The molecule has 0 rings (SSSR count). The zero-order valence-electron chi connectivity index (χ0n) is 49.4. The third kappa shape index (κ3) is 57.2. The van der Waals surface area contributed by atoms with Gasteiger partial charge in [0, 0.05) is 6.42 Å². The van der Waals surface area contributed by atoms with Gasteiger partial charge in [-0.15, -0.1) is 0 Å². The molecule has 432 valence electrons. The highest BCUT2D eigenvalue weighted by Gasteiger charge is 2.24. The van der Waals surface area contributed by atoms with Gasteiger partial charge in [-0.2, -0.15) is 0 Å². The van der Waals surface area contributed by atoms with E-state index in [2.05, 4.69) is 19.2 Å². The van der Waals surface area contributed by atoms with Crippen molar-refractivity contribution in [2.24, 2.45) is 0 Å². The van der Waals surface area contributed by atoms with Crippen LogP contribution in [0.1, 0.15) is 348 Å². The van der Waals surface area contributed by atoms with E-state index >= 15 is 0 Å². The maximum Gasteiger partial charge on any atom is 0.268 e. The highest BCUT2D eigenvalue weighted by molar-refractivity contribution is 7.45. The summed E-state index contributed by atoms with van der Waals surface area (Å²) in [6.45, 7) is 4.78. The SMILES string of the molecule is CCCCCCCCCCCCCCCCCCCCCCCCCCCCCCCCCCCCC(=O)NC(COP(=O)([O-])OCC[N+](C)(C)C)C(O)CCCCCCCCCCCCCCCCCC. The molecule has 0 aromatic heterocycles. The van der Waals surface area contributed by atoms with E-state index in [1.165, 1.54) is 283 Å². The van der Waals surface area contributed by atoms with Crippen molar-refractivity contribution < 1.29 is 32.9 Å². The summed E-state index contributed by atoms with van der Waals surface area (Å²) in [5.74, 6) is -0.155. The first-order chi connectivity index (χ1) is 35.0. The Hall–Kier alpha value is -0.500. The zero-order valence-corrected chi connectivity index (χ0v) is 50.3. The number of rotatable bonds is 61. The minimum atomic E-state index is -4.57. The van der Waals surface area contributed by atoms with Gasteiger partial charge in [-0.1, -0.05) is 328 Å². The molecule has 0 aromatic rings. The number of aliphatic hydroxyl groups excluding tert-OH is 1. The summed E-state index contributed by atoms with van der Waals surface area (Å²) in [4.78, 5) is 25.6. The Balaban J connectivity index is 3.91. The number of hydrogen-bond acceptors (Lipinski definition) is 6. The third-order valence-electron chi connectivity index (χ3n) is 15.3. The van der Waals surface area contributed by atoms with Crippen molar-refractivity contribution in [3.05, 3.63) is 0 Å². The molecule has 1 amide bonds. The van der Waals surface area contributed by atoms with Crippen molar-refractivity contribution in [2.75, 3.05) is 40.9 Å². The molecule has 0 fully saturated rings. The lowest BCUT2D eigenvalue weighted by Gasteiger charge is -2.30. The number of phosphoric ester groups is 1. The first-order valence-electron chi connectivity index (χ1n) is 32.4. The van der Waals surface area contributed by atoms with E-state index in [0.717, 1.165) is 38.5 Å². The Morgan fingerprint density at radius 2 is 0.681 bits per heavy atom. The van der Waals surface area contributed by atoms with Crippen LogP contribution in [0.2, 0.25) is 0 Å². The molecule has 3 atom stereocenters. The number of amides is 1. The summed E-state index contributed by atoms with van der Waals surface area (Å²) in [6.07, 6.45) is 67.4. The van der Waals surface area contributed by atoms with Crippen LogP contribution in [0.5, 0.6) is 0 Å². The predicted molar refractivity (Wildman–Crippen MR) is 312 cm³/mol. The standard InChI is InChI=1S/C63H129N2O6P/c1-6-8-10-12-14-16-18-20-22-24-25-26-27-28-29-30-31-32-33-34-35-36-37-38-39-40-41-43-45-47-49-51-53-55-57-63(67)64-61(60-71-72(68,69)70-59-58-65(3,4)5)62(66)56-54-52-50-48-46-44-42-23-21-19-17-15-13-11-9-7-2/h61-62,66H,6-60H2,1-5H3,(H-,64,67,68,69). The topological polar surface area (TPSA) is 108 Å². The summed E-state index contributed by atoms with van der Waals surface area (Å²) in [5, 5.41) is 14.0. The van der Waals surface area contributed by atoms with Crippen LogP contribution in [-0.4, -0.2) is 68.5 Å². The number of likely N-dealkylation sites (N-methyl/N-ethyl adjacent to an activating group) is 1. The van der Waals surface area contributed by atoms with Gasteiger partial charge < -0.3 is 28.8 Å². The molecular formula is C63H129N2O6P. The summed E-state index contributed by atoms with van der Waals surface area (Å²) in [6, 6.07) is -0.795. The van der Waals surface area contributed by atoms with Crippen LogP contribution in [0.15, 0.2) is 0 Å². The first-order valence-corrected chi connectivity index (χ1v) is 33.8. The zero-order chi connectivity index (χ0) is 52.7. The summed E-state index contributed by atoms with van der Waals surface area (Å²) in [7, 11) is 1.33. The Kier molecular flexibility index (Phi) is 54.9. The van der Waals surface area contributed by atoms with Gasteiger partial charge in [-0.3, -0.25) is 9.36 Å². The molecule has 0 saturated carbocycles. The Labute approximate surface area is 450 Å². The fourth-order valence-electron chi connectivity index (χ4n) is 10.3. The molecule has 0 radical (unpaired) electrons. The Morgan fingerprint density at radius 1 is 0.431 bits per heavy atom. The van der Waals surface area contributed by atoms with Gasteiger partial charge in [0.15, 0.2) is 0 Å². The molecule has 0 aliphatic rings. The van der Waals surface area contributed by atoms with E-state index in [4.69, 9.17) is 9.05 Å². The molecule has 3 unspecified atom stereocenters. The van der Waals surface area contributed by atoms with Crippen molar-refractivity contribution >= 4 is 13.7 Å². The van der Waals surface area contributed by atoms with E-state index in [1.807, 2.05) is 21.1 Å². The van der Waals surface area contributed by atoms with Gasteiger partial charge in [0.05, 0.1) is 39.9 Å².